The number of hydrogen-bond donors (Lipinski definition) is 1. The SMILES string of the molecule is C\C=C/C(O)=C(CC)/C(C)=C(P)/C=C\C. The highest BCUT2D eigenvalue weighted by molar-refractivity contribution is 7.23. The predicted molar refractivity (Wildman–Crippen MR) is 72.0 cm³/mol. The second-order valence-electron chi connectivity index (χ2n) is 3.30. The van der Waals surface area contributed by atoms with Crippen molar-refractivity contribution in [2.45, 2.75) is 34.1 Å². The molecule has 0 saturated heterocycles. The average molecular weight is 224 g/mol. The van der Waals surface area contributed by atoms with E-state index in [0.717, 1.165) is 22.9 Å². The van der Waals surface area contributed by atoms with Crippen LogP contribution in [0.5, 0.6) is 0 Å². The molecule has 0 amide bonds. The summed E-state index contributed by atoms with van der Waals surface area (Å²) in [5, 5.41) is 10.9. The highest BCUT2D eigenvalue weighted by Crippen LogP contribution is 2.25. The van der Waals surface area contributed by atoms with E-state index in [0.29, 0.717) is 5.76 Å². The van der Waals surface area contributed by atoms with Crippen LogP contribution < -0.4 is 0 Å². The van der Waals surface area contributed by atoms with Crippen LogP contribution in [0.3, 0.4) is 0 Å². The Balaban J connectivity index is 5.32. The molecule has 0 heterocycles. The largest absolute Gasteiger partial charge is 0.508 e. The fraction of sp³-hybridized carbons (Fsp3) is 0.385. The van der Waals surface area contributed by atoms with Gasteiger partial charge >= 0.3 is 0 Å². The minimum atomic E-state index is 0.363. The van der Waals surface area contributed by atoms with Crippen molar-refractivity contribution in [2.24, 2.45) is 0 Å². The molecule has 0 aromatic heterocycles. The maximum Gasteiger partial charge on any atom is 0.118 e. The van der Waals surface area contributed by atoms with Crippen LogP contribution in [0.15, 0.2) is 46.5 Å². The van der Waals surface area contributed by atoms with E-state index in [1.165, 1.54) is 0 Å². The number of rotatable bonds is 4. The Morgan fingerprint density at radius 2 is 1.73 bits per heavy atom. The summed E-state index contributed by atoms with van der Waals surface area (Å²) < 4.78 is 0. The Morgan fingerprint density at radius 3 is 2.13 bits per heavy atom. The summed E-state index contributed by atoms with van der Waals surface area (Å²) in [7, 11) is 2.70. The van der Waals surface area contributed by atoms with Gasteiger partial charge in [0.25, 0.3) is 0 Å². The van der Waals surface area contributed by atoms with Gasteiger partial charge in [-0.15, -0.1) is 9.24 Å². The van der Waals surface area contributed by atoms with Crippen LogP contribution in [0.25, 0.3) is 0 Å². The molecule has 1 N–H and O–H groups in total. The number of aliphatic hydroxyl groups excluding tert-OH is 1. The Bertz CT molecular complexity index is 319. The molecule has 0 fully saturated rings. The van der Waals surface area contributed by atoms with Gasteiger partial charge < -0.3 is 5.11 Å². The van der Waals surface area contributed by atoms with Gasteiger partial charge in [0.15, 0.2) is 0 Å². The molecular formula is C13H21OP. The van der Waals surface area contributed by atoms with Gasteiger partial charge in [-0.1, -0.05) is 25.2 Å². The van der Waals surface area contributed by atoms with Crippen molar-refractivity contribution in [2.75, 3.05) is 0 Å². The topological polar surface area (TPSA) is 20.2 Å². The fourth-order valence-electron chi connectivity index (χ4n) is 1.38. The molecule has 0 bridgehead atoms. The van der Waals surface area contributed by atoms with E-state index in [1.54, 1.807) is 6.08 Å². The lowest BCUT2D eigenvalue weighted by molar-refractivity contribution is 0.424. The van der Waals surface area contributed by atoms with E-state index in [4.69, 9.17) is 0 Å². The van der Waals surface area contributed by atoms with Crippen molar-refractivity contribution in [3.05, 3.63) is 46.5 Å². The van der Waals surface area contributed by atoms with Crippen LogP contribution in [-0.2, 0) is 0 Å². The van der Waals surface area contributed by atoms with E-state index in [9.17, 15) is 5.11 Å². The third-order valence-corrected chi connectivity index (χ3v) is 2.84. The Kier molecular flexibility index (Phi) is 7.07. The number of allylic oxidation sites excluding steroid dienone is 7. The lowest BCUT2D eigenvalue weighted by Crippen LogP contribution is -1.91. The normalized spacial score (nSPS) is 15.8. The fourth-order valence-corrected chi connectivity index (χ4v) is 1.74. The average Bonchev–Trinajstić information content (AvgIpc) is 2.19. The first kappa shape index (κ1) is 14.2. The highest BCUT2D eigenvalue weighted by Gasteiger charge is 2.05. The Labute approximate surface area is 95.5 Å². The van der Waals surface area contributed by atoms with Gasteiger partial charge in [0, 0.05) is 0 Å². The first-order valence-electron chi connectivity index (χ1n) is 5.22. The third kappa shape index (κ3) is 4.48. The quantitative estimate of drug-likeness (QED) is 0.423. The molecule has 0 aliphatic heterocycles. The summed E-state index contributed by atoms with van der Waals surface area (Å²) >= 11 is 0. The summed E-state index contributed by atoms with van der Waals surface area (Å²) in [5.41, 5.74) is 2.12. The van der Waals surface area contributed by atoms with Crippen molar-refractivity contribution in [3.8, 4) is 0 Å². The van der Waals surface area contributed by atoms with E-state index in [-0.39, 0.29) is 0 Å². The molecular weight excluding hydrogens is 203 g/mol. The molecule has 1 atom stereocenters. The van der Waals surface area contributed by atoms with Crippen LogP contribution >= 0.6 is 9.24 Å². The summed E-state index contributed by atoms with van der Waals surface area (Å²) in [5.74, 6) is 0.363. The van der Waals surface area contributed by atoms with Gasteiger partial charge in [-0.25, -0.2) is 0 Å². The van der Waals surface area contributed by atoms with Crippen LogP contribution in [0.4, 0.5) is 0 Å². The molecule has 0 spiro atoms. The van der Waals surface area contributed by atoms with E-state index < -0.39 is 0 Å². The van der Waals surface area contributed by atoms with Gasteiger partial charge in [-0.05, 0) is 49.7 Å². The molecule has 1 unspecified atom stereocenters. The van der Waals surface area contributed by atoms with Crippen LogP contribution in [0.2, 0.25) is 0 Å². The number of hydrogen-bond acceptors (Lipinski definition) is 1. The molecule has 0 radical (unpaired) electrons. The van der Waals surface area contributed by atoms with Crippen LogP contribution in [-0.4, -0.2) is 5.11 Å². The highest BCUT2D eigenvalue weighted by atomic mass is 31.0. The zero-order chi connectivity index (χ0) is 11.8. The minimum Gasteiger partial charge on any atom is -0.508 e. The number of aliphatic hydroxyl groups is 1. The molecule has 0 saturated carbocycles. The first-order valence-corrected chi connectivity index (χ1v) is 5.80. The van der Waals surface area contributed by atoms with Gasteiger partial charge in [0.1, 0.15) is 5.76 Å². The molecule has 0 aromatic rings. The Morgan fingerprint density at radius 1 is 1.20 bits per heavy atom. The summed E-state index contributed by atoms with van der Waals surface area (Å²) in [4.78, 5) is 0. The molecule has 0 aliphatic rings. The molecule has 0 aromatic carbocycles. The predicted octanol–water partition coefficient (Wildman–Crippen LogP) is 4.51. The van der Waals surface area contributed by atoms with E-state index >= 15 is 0 Å². The first-order chi connectivity index (χ1) is 7.08. The molecule has 84 valence electrons. The molecule has 1 nitrogen and oxygen atoms in total. The minimum absolute atomic E-state index is 0.363. The molecule has 0 aliphatic carbocycles. The van der Waals surface area contributed by atoms with Crippen molar-refractivity contribution >= 4 is 9.24 Å². The lowest BCUT2D eigenvalue weighted by Gasteiger charge is -2.09. The van der Waals surface area contributed by atoms with Gasteiger partial charge in [-0.3, -0.25) is 0 Å². The zero-order valence-corrected chi connectivity index (χ0v) is 11.2. The van der Waals surface area contributed by atoms with Crippen molar-refractivity contribution in [1.82, 2.24) is 0 Å². The van der Waals surface area contributed by atoms with Gasteiger partial charge in [0.2, 0.25) is 0 Å². The van der Waals surface area contributed by atoms with Crippen LogP contribution in [0.1, 0.15) is 34.1 Å². The van der Waals surface area contributed by atoms with Crippen molar-refractivity contribution in [3.63, 3.8) is 0 Å². The molecule has 0 rings (SSSR count). The summed E-state index contributed by atoms with van der Waals surface area (Å²) in [6.07, 6.45) is 8.42. The lowest BCUT2D eigenvalue weighted by atomic mass is 10.0. The molecule has 15 heavy (non-hydrogen) atoms. The van der Waals surface area contributed by atoms with Crippen LogP contribution in [0, 0.1) is 0 Å². The van der Waals surface area contributed by atoms with E-state index in [1.807, 2.05) is 45.9 Å². The standard InChI is InChI=1S/C13H21OP/c1-5-8-12(14)11(7-3)10(4)13(15)9-6-2/h5-6,8-9,14H,7,15H2,1-4H3/b8-5-,9-6-,12-11-,13-10-. The van der Waals surface area contributed by atoms with Gasteiger partial charge in [0.05, 0.1) is 0 Å². The molecule has 2 heteroatoms. The maximum absolute atomic E-state index is 9.82. The Hall–Kier alpha value is -0.810. The second-order valence-corrected chi connectivity index (χ2v) is 3.92. The van der Waals surface area contributed by atoms with E-state index in [2.05, 4.69) is 9.24 Å². The van der Waals surface area contributed by atoms with Gasteiger partial charge in [-0.2, -0.15) is 0 Å². The smallest absolute Gasteiger partial charge is 0.118 e. The maximum atomic E-state index is 9.82. The second kappa shape index (κ2) is 7.48. The summed E-state index contributed by atoms with van der Waals surface area (Å²) in [6, 6.07) is 0. The van der Waals surface area contributed by atoms with Crippen molar-refractivity contribution in [1.29, 1.82) is 0 Å². The van der Waals surface area contributed by atoms with Crippen molar-refractivity contribution < 1.29 is 5.11 Å². The monoisotopic (exact) mass is 224 g/mol. The third-order valence-electron chi connectivity index (χ3n) is 2.22. The summed E-state index contributed by atoms with van der Waals surface area (Å²) in [6.45, 7) is 7.96. The zero-order valence-electron chi connectivity index (χ0n) is 10.0.